The lowest BCUT2D eigenvalue weighted by Gasteiger charge is -2.39. The highest BCUT2D eigenvalue weighted by molar-refractivity contribution is 4.95. The Kier molecular flexibility index (Phi) is 2.58. The van der Waals surface area contributed by atoms with Crippen LogP contribution >= 0.6 is 0 Å². The van der Waals surface area contributed by atoms with E-state index in [1.165, 1.54) is 0 Å². The molecule has 0 aromatic carbocycles. The standard InChI is InChI=1S/C11H20O3/c1-5(2)8-6(3)11-13-7(4)10(14-11)9(8)12/h5-12H,1-4H3/t6-,7-,8-,9+,10+,11+/m1/s1. The first kappa shape index (κ1) is 10.4. The van der Waals surface area contributed by atoms with Crippen LogP contribution in [-0.2, 0) is 9.47 Å². The molecule has 0 amide bonds. The van der Waals surface area contributed by atoms with Gasteiger partial charge in [0.2, 0.25) is 0 Å². The summed E-state index contributed by atoms with van der Waals surface area (Å²) in [6, 6.07) is 0. The van der Waals surface area contributed by atoms with E-state index in [9.17, 15) is 5.11 Å². The molecule has 3 nitrogen and oxygen atoms in total. The van der Waals surface area contributed by atoms with E-state index in [2.05, 4.69) is 20.8 Å². The van der Waals surface area contributed by atoms with Crippen LogP contribution in [0, 0.1) is 17.8 Å². The Morgan fingerprint density at radius 3 is 2.36 bits per heavy atom. The molecule has 0 unspecified atom stereocenters. The molecule has 2 saturated heterocycles. The van der Waals surface area contributed by atoms with Gasteiger partial charge >= 0.3 is 0 Å². The second kappa shape index (κ2) is 3.47. The number of rotatable bonds is 1. The summed E-state index contributed by atoms with van der Waals surface area (Å²) in [5.41, 5.74) is 0. The molecule has 0 aromatic rings. The quantitative estimate of drug-likeness (QED) is 0.695. The van der Waals surface area contributed by atoms with Gasteiger partial charge in [0, 0.05) is 5.92 Å². The average molecular weight is 200 g/mol. The summed E-state index contributed by atoms with van der Waals surface area (Å²) in [6.45, 7) is 8.38. The zero-order chi connectivity index (χ0) is 10.5. The van der Waals surface area contributed by atoms with E-state index in [4.69, 9.17) is 9.47 Å². The lowest BCUT2D eigenvalue weighted by atomic mass is 9.76. The highest BCUT2D eigenvalue weighted by atomic mass is 16.7. The van der Waals surface area contributed by atoms with Crippen molar-refractivity contribution in [3.05, 3.63) is 0 Å². The molecule has 1 N–H and O–H groups in total. The largest absolute Gasteiger partial charge is 0.390 e. The summed E-state index contributed by atoms with van der Waals surface area (Å²) in [5, 5.41) is 10.2. The first-order valence-electron chi connectivity index (χ1n) is 5.51. The van der Waals surface area contributed by atoms with Crippen molar-refractivity contribution in [3.8, 4) is 0 Å². The minimum absolute atomic E-state index is 0.0289. The fourth-order valence-electron chi connectivity index (χ4n) is 2.91. The fourth-order valence-corrected chi connectivity index (χ4v) is 2.91. The van der Waals surface area contributed by atoms with E-state index in [0.717, 1.165) is 0 Å². The third kappa shape index (κ3) is 1.38. The summed E-state index contributed by atoms with van der Waals surface area (Å²) in [4.78, 5) is 0. The fraction of sp³-hybridized carbons (Fsp3) is 1.00. The van der Waals surface area contributed by atoms with Gasteiger partial charge in [-0.1, -0.05) is 20.8 Å². The van der Waals surface area contributed by atoms with Crippen LogP contribution in [0.15, 0.2) is 0 Å². The number of hydrogen-bond acceptors (Lipinski definition) is 3. The summed E-state index contributed by atoms with van der Waals surface area (Å²) in [5.74, 6) is 1.05. The summed E-state index contributed by atoms with van der Waals surface area (Å²) >= 11 is 0. The minimum Gasteiger partial charge on any atom is -0.390 e. The first-order valence-corrected chi connectivity index (χ1v) is 5.51. The zero-order valence-corrected chi connectivity index (χ0v) is 9.31. The molecular weight excluding hydrogens is 180 g/mol. The van der Waals surface area contributed by atoms with Gasteiger partial charge in [0.1, 0.15) is 6.10 Å². The molecule has 14 heavy (non-hydrogen) atoms. The van der Waals surface area contributed by atoms with Crippen LogP contribution < -0.4 is 0 Å². The Hall–Kier alpha value is -0.120. The topological polar surface area (TPSA) is 38.7 Å². The van der Waals surface area contributed by atoms with E-state index in [-0.39, 0.29) is 30.5 Å². The predicted octanol–water partition coefficient (Wildman–Crippen LogP) is 1.40. The summed E-state index contributed by atoms with van der Waals surface area (Å²) < 4.78 is 11.3. The molecule has 6 atom stereocenters. The van der Waals surface area contributed by atoms with E-state index in [0.29, 0.717) is 11.8 Å². The summed E-state index contributed by atoms with van der Waals surface area (Å²) in [7, 11) is 0. The molecular formula is C11H20O3. The van der Waals surface area contributed by atoms with Crippen molar-refractivity contribution in [2.24, 2.45) is 17.8 Å². The van der Waals surface area contributed by atoms with Gasteiger partial charge in [-0.2, -0.15) is 0 Å². The SMILES string of the molecule is CC(C)[C@@H]1[C@@H](C)[C@@H]2O[C@H]([C@H]1O)[C@@H](C)O2. The second-order valence-electron chi connectivity index (χ2n) is 4.98. The number of hydrogen-bond donors (Lipinski definition) is 1. The molecule has 3 heteroatoms. The average Bonchev–Trinajstić information content (AvgIpc) is 2.42. The molecule has 0 radical (unpaired) electrons. The lowest BCUT2D eigenvalue weighted by Crippen LogP contribution is -2.48. The molecule has 2 aliphatic rings. The van der Waals surface area contributed by atoms with Gasteiger partial charge in [-0.05, 0) is 18.8 Å². The molecule has 2 fully saturated rings. The van der Waals surface area contributed by atoms with Gasteiger partial charge in [0.25, 0.3) is 0 Å². The van der Waals surface area contributed by atoms with Crippen molar-refractivity contribution in [1.82, 2.24) is 0 Å². The van der Waals surface area contributed by atoms with Crippen LogP contribution in [0.1, 0.15) is 27.7 Å². The molecule has 2 aliphatic heterocycles. The maximum Gasteiger partial charge on any atom is 0.161 e. The van der Waals surface area contributed by atoms with Crippen LogP contribution in [0.3, 0.4) is 0 Å². The Labute approximate surface area is 85.4 Å². The Balaban J connectivity index is 2.21. The molecule has 0 aromatic heterocycles. The lowest BCUT2D eigenvalue weighted by molar-refractivity contribution is -0.185. The first-order chi connectivity index (χ1) is 6.52. The molecule has 0 saturated carbocycles. The van der Waals surface area contributed by atoms with Gasteiger partial charge in [-0.15, -0.1) is 0 Å². The highest BCUT2D eigenvalue weighted by Gasteiger charge is 2.51. The van der Waals surface area contributed by atoms with Gasteiger partial charge in [0.15, 0.2) is 6.29 Å². The van der Waals surface area contributed by atoms with Crippen LogP contribution in [0.4, 0.5) is 0 Å². The monoisotopic (exact) mass is 200 g/mol. The minimum atomic E-state index is -0.376. The molecule has 2 rings (SSSR count). The Morgan fingerprint density at radius 1 is 1.14 bits per heavy atom. The number of aliphatic hydroxyl groups is 1. The van der Waals surface area contributed by atoms with Crippen LogP contribution in [-0.4, -0.2) is 29.7 Å². The third-order valence-corrected chi connectivity index (χ3v) is 3.64. The maximum atomic E-state index is 10.2. The molecule has 2 heterocycles. The van der Waals surface area contributed by atoms with Crippen molar-refractivity contribution in [1.29, 1.82) is 0 Å². The Bertz CT molecular complexity index is 217. The van der Waals surface area contributed by atoms with Crippen molar-refractivity contribution in [3.63, 3.8) is 0 Å². The number of aliphatic hydroxyl groups excluding tert-OH is 1. The summed E-state index contributed by atoms with van der Waals surface area (Å²) in [6.07, 6.45) is -0.575. The van der Waals surface area contributed by atoms with Gasteiger partial charge in [-0.25, -0.2) is 0 Å². The van der Waals surface area contributed by atoms with Gasteiger partial charge in [-0.3, -0.25) is 0 Å². The predicted molar refractivity (Wildman–Crippen MR) is 52.7 cm³/mol. The van der Waals surface area contributed by atoms with Crippen molar-refractivity contribution in [2.45, 2.75) is 52.3 Å². The second-order valence-corrected chi connectivity index (χ2v) is 4.98. The zero-order valence-electron chi connectivity index (χ0n) is 9.31. The van der Waals surface area contributed by atoms with Gasteiger partial charge in [0.05, 0.1) is 12.2 Å². The van der Waals surface area contributed by atoms with Crippen LogP contribution in [0.5, 0.6) is 0 Å². The number of ether oxygens (including phenoxy) is 2. The van der Waals surface area contributed by atoms with Crippen molar-refractivity contribution in [2.75, 3.05) is 0 Å². The van der Waals surface area contributed by atoms with E-state index < -0.39 is 0 Å². The molecule has 2 bridgehead atoms. The van der Waals surface area contributed by atoms with E-state index in [1.807, 2.05) is 6.92 Å². The van der Waals surface area contributed by atoms with Crippen molar-refractivity contribution < 1.29 is 14.6 Å². The van der Waals surface area contributed by atoms with Crippen LogP contribution in [0.2, 0.25) is 0 Å². The van der Waals surface area contributed by atoms with Gasteiger partial charge < -0.3 is 14.6 Å². The maximum absolute atomic E-state index is 10.2. The normalized spacial score (nSPS) is 52.7. The molecule has 82 valence electrons. The molecule has 0 spiro atoms. The van der Waals surface area contributed by atoms with Crippen molar-refractivity contribution >= 4 is 0 Å². The highest BCUT2D eigenvalue weighted by Crippen LogP contribution is 2.42. The van der Waals surface area contributed by atoms with E-state index in [1.54, 1.807) is 0 Å². The number of fused-ring (bicyclic) bond motifs is 2. The van der Waals surface area contributed by atoms with Crippen LogP contribution in [0.25, 0.3) is 0 Å². The smallest absolute Gasteiger partial charge is 0.161 e. The Morgan fingerprint density at radius 2 is 1.79 bits per heavy atom. The molecule has 0 aliphatic carbocycles. The third-order valence-electron chi connectivity index (χ3n) is 3.64. The van der Waals surface area contributed by atoms with E-state index >= 15 is 0 Å².